The molecule has 0 aliphatic rings. The van der Waals surface area contributed by atoms with Gasteiger partial charge in [0.05, 0.1) is 30.4 Å². The van der Waals surface area contributed by atoms with E-state index in [2.05, 4.69) is 20.1 Å². The molecule has 11 heteroatoms. The highest BCUT2D eigenvalue weighted by molar-refractivity contribution is 5.92. The molecule has 7 nitrogen and oxygen atoms in total. The van der Waals surface area contributed by atoms with Gasteiger partial charge in [0.2, 0.25) is 0 Å². The Hall–Kier alpha value is -3.50. The van der Waals surface area contributed by atoms with Crippen molar-refractivity contribution in [1.82, 2.24) is 15.1 Å². The highest BCUT2D eigenvalue weighted by Crippen LogP contribution is 2.32. The highest BCUT2D eigenvalue weighted by atomic mass is 19.4. The SMILES string of the molecule is CN=C(C)N/C(=C\C=O)c1cnn(C(C(=O)OC)c2ccc(C(F)(F)F)cc2F)c1. The molecule has 1 aromatic heterocycles. The third kappa shape index (κ3) is 5.10. The minimum Gasteiger partial charge on any atom is -0.467 e. The Kier molecular flexibility index (Phi) is 7.09. The van der Waals surface area contributed by atoms with Crippen molar-refractivity contribution in [2.45, 2.75) is 19.1 Å². The molecule has 1 unspecified atom stereocenters. The summed E-state index contributed by atoms with van der Waals surface area (Å²) in [5.41, 5.74) is -0.893. The van der Waals surface area contributed by atoms with Crippen LogP contribution in [0.2, 0.25) is 0 Å². The van der Waals surface area contributed by atoms with Gasteiger partial charge in [-0.15, -0.1) is 0 Å². The quantitative estimate of drug-likeness (QED) is 0.192. The van der Waals surface area contributed by atoms with E-state index in [-0.39, 0.29) is 5.56 Å². The first-order valence-electron chi connectivity index (χ1n) is 8.47. The monoisotopic (exact) mass is 426 g/mol. The molecule has 1 N–H and O–H groups in total. The highest BCUT2D eigenvalue weighted by Gasteiger charge is 2.34. The van der Waals surface area contributed by atoms with Gasteiger partial charge in [-0.25, -0.2) is 9.18 Å². The van der Waals surface area contributed by atoms with E-state index in [1.807, 2.05) is 0 Å². The second kappa shape index (κ2) is 9.33. The number of aromatic nitrogens is 2. The number of esters is 1. The summed E-state index contributed by atoms with van der Waals surface area (Å²) in [5, 5.41) is 6.87. The molecule has 1 atom stereocenters. The van der Waals surface area contributed by atoms with Gasteiger partial charge in [-0.1, -0.05) is 6.07 Å². The maximum Gasteiger partial charge on any atom is 0.416 e. The number of alkyl halides is 3. The number of ether oxygens (including phenoxy) is 1. The van der Waals surface area contributed by atoms with Gasteiger partial charge in [-0.2, -0.15) is 18.3 Å². The third-order valence-electron chi connectivity index (χ3n) is 4.11. The van der Waals surface area contributed by atoms with Gasteiger partial charge < -0.3 is 10.1 Å². The zero-order valence-corrected chi connectivity index (χ0v) is 16.2. The minimum atomic E-state index is -4.74. The smallest absolute Gasteiger partial charge is 0.416 e. The molecule has 0 aliphatic carbocycles. The Morgan fingerprint density at radius 2 is 2.07 bits per heavy atom. The first kappa shape index (κ1) is 22.8. The van der Waals surface area contributed by atoms with Gasteiger partial charge in [0, 0.05) is 30.4 Å². The fraction of sp³-hybridized carbons (Fsp3) is 0.263. The summed E-state index contributed by atoms with van der Waals surface area (Å²) < 4.78 is 58.7. The number of allylic oxidation sites excluding steroid dienone is 1. The molecule has 0 radical (unpaired) electrons. The molecule has 0 fully saturated rings. The Bertz CT molecular complexity index is 996. The van der Waals surface area contributed by atoms with Crippen LogP contribution in [0.4, 0.5) is 17.6 Å². The zero-order chi connectivity index (χ0) is 22.5. The minimum absolute atomic E-state index is 0.302. The number of benzene rings is 1. The Labute approximate surface area is 169 Å². The molecule has 0 saturated heterocycles. The first-order valence-corrected chi connectivity index (χ1v) is 8.47. The largest absolute Gasteiger partial charge is 0.467 e. The first-order chi connectivity index (χ1) is 14.1. The number of halogens is 4. The number of hydrogen-bond acceptors (Lipinski definition) is 5. The van der Waals surface area contributed by atoms with Crippen molar-refractivity contribution in [3.8, 4) is 0 Å². The van der Waals surface area contributed by atoms with Gasteiger partial charge in [0.25, 0.3) is 0 Å². The van der Waals surface area contributed by atoms with Crippen LogP contribution in [0.25, 0.3) is 5.70 Å². The van der Waals surface area contributed by atoms with Crippen LogP contribution in [0.15, 0.2) is 41.7 Å². The lowest BCUT2D eigenvalue weighted by molar-refractivity contribution is -0.143. The van der Waals surface area contributed by atoms with E-state index >= 15 is 0 Å². The van der Waals surface area contributed by atoms with Gasteiger partial charge in [-0.3, -0.25) is 14.5 Å². The van der Waals surface area contributed by atoms with Crippen molar-refractivity contribution in [3.05, 3.63) is 59.2 Å². The molecule has 0 aliphatic heterocycles. The summed E-state index contributed by atoms with van der Waals surface area (Å²) in [7, 11) is 2.59. The van der Waals surface area contributed by atoms with Gasteiger partial charge in [0.1, 0.15) is 12.1 Å². The van der Waals surface area contributed by atoms with Crippen LogP contribution < -0.4 is 5.32 Å². The third-order valence-corrected chi connectivity index (χ3v) is 4.11. The van der Waals surface area contributed by atoms with Crippen molar-refractivity contribution < 1.29 is 31.9 Å². The van der Waals surface area contributed by atoms with Crippen LogP contribution >= 0.6 is 0 Å². The van der Waals surface area contributed by atoms with E-state index in [1.165, 1.54) is 25.5 Å². The summed E-state index contributed by atoms with van der Waals surface area (Å²) in [4.78, 5) is 27.1. The number of carbonyl (C=O) groups excluding carboxylic acids is 2. The van der Waals surface area contributed by atoms with Crippen molar-refractivity contribution >= 4 is 23.8 Å². The predicted molar refractivity (Wildman–Crippen MR) is 100.0 cm³/mol. The van der Waals surface area contributed by atoms with Gasteiger partial charge in [0.15, 0.2) is 6.04 Å². The number of carbonyl (C=O) groups is 2. The van der Waals surface area contributed by atoms with E-state index in [0.717, 1.165) is 17.9 Å². The van der Waals surface area contributed by atoms with Crippen LogP contribution in [0.5, 0.6) is 0 Å². The lowest BCUT2D eigenvalue weighted by atomic mass is 10.0. The molecule has 30 heavy (non-hydrogen) atoms. The average Bonchev–Trinajstić information content (AvgIpc) is 3.17. The summed E-state index contributed by atoms with van der Waals surface area (Å²) in [5.74, 6) is -1.70. The van der Waals surface area contributed by atoms with E-state index in [9.17, 15) is 27.2 Å². The fourth-order valence-electron chi connectivity index (χ4n) is 2.56. The number of rotatable bonds is 6. The molecular formula is C19H18F4N4O3. The summed E-state index contributed by atoms with van der Waals surface area (Å²) in [6.45, 7) is 1.65. The van der Waals surface area contributed by atoms with Crippen LogP contribution in [0.1, 0.15) is 29.7 Å². The maximum absolute atomic E-state index is 14.5. The average molecular weight is 426 g/mol. The Balaban J connectivity index is 2.51. The maximum atomic E-state index is 14.5. The second-order valence-electron chi connectivity index (χ2n) is 6.02. The van der Waals surface area contributed by atoms with Gasteiger partial charge >= 0.3 is 12.1 Å². The number of aliphatic imine (C=N–C) groups is 1. The molecule has 1 aromatic carbocycles. The van der Waals surface area contributed by atoms with E-state index in [4.69, 9.17) is 0 Å². The van der Waals surface area contributed by atoms with E-state index < -0.39 is 29.6 Å². The molecule has 2 aromatic rings. The van der Waals surface area contributed by atoms with Crippen molar-refractivity contribution in [2.75, 3.05) is 14.2 Å². The number of amidine groups is 1. The molecular weight excluding hydrogens is 408 g/mol. The molecule has 0 bridgehead atoms. The van der Waals surface area contributed by atoms with Crippen LogP contribution in [0, 0.1) is 5.82 Å². The number of hydrogen-bond donors (Lipinski definition) is 1. The van der Waals surface area contributed by atoms with Crippen LogP contribution in [0.3, 0.4) is 0 Å². The number of nitrogens with one attached hydrogen (secondary N) is 1. The zero-order valence-electron chi connectivity index (χ0n) is 16.2. The second-order valence-corrected chi connectivity index (χ2v) is 6.02. The topological polar surface area (TPSA) is 85.6 Å². The van der Waals surface area contributed by atoms with Crippen molar-refractivity contribution in [1.29, 1.82) is 0 Å². The summed E-state index contributed by atoms with van der Waals surface area (Å²) in [6.07, 6.45) is -0.400. The molecule has 0 amide bonds. The fourth-order valence-corrected chi connectivity index (χ4v) is 2.56. The summed E-state index contributed by atoms with van der Waals surface area (Å²) >= 11 is 0. The van der Waals surface area contributed by atoms with E-state index in [0.29, 0.717) is 35.5 Å². The summed E-state index contributed by atoms with van der Waals surface area (Å²) in [6, 6.07) is 0.342. The van der Waals surface area contributed by atoms with Crippen LogP contribution in [-0.4, -0.2) is 42.0 Å². The van der Waals surface area contributed by atoms with Crippen molar-refractivity contribution in [3.63, 3.8) is 0 Å². The lowest BCUT2D eigenvalue weighted by Gasteiger charge is -2.17. The van der Waals surface area contributed by atoms with Crippen molar-refractivity contribution in [2.24, 2.45) is 4.99 Å². The lowest BCUT2D eigenvalue weighted by Crippen LogP contribution is -2.24. The van der Waals surface area contributed by atoms with Gasteiger partial charge in [-0.05, 0) is 19.1 Å². The number of nitrogens with zero attached hydrogens (tertiary/aromatic N) is 3. The Morgan fingerprint density at radius 1 is 1.37 bits per heavy atom. The molecule has 160 valence electrons. The molecule has 2 rings (SSSR count). The number of aldehydes is 1. The normalized spacial score (nSPS) is 13.7. The molecule has 1 heterocycles. The number of methoxy groups -OCH3 is 1. The van der Waals surface area contributed by atoms with E-state index in [1.54, 1.807) is 6.92 Å². The predicted octanol–water partition coefficient (Wildman–Crippen LogP) is 2.98. The standard InChI is InChI=1S/C19H18F4N4O3/c1-11(24-2)26-16(6-7-28)12-9-25-27(10-12)17(18(29)30-3)14-5-4-13(8-15(14)20)19(21,22)23/h4-10,17H,1-3H3,(H,24,26)/b16-6-. The molecule has 0 spiro atoms. The Morgan fingerprint density at radius 3 is 2.60 bits per heavy atom. The molecule has 0 saturated carbocycles. The van der Waals surface area contributed by atoms with Crippen LogP contribution in [-0.2, 0) is 20.5 Å².